The monoisotopic (exact) mass is 230 g/mol. The van der Waals surface area contributed by atoms with E-state index in [1.807, 2.05) is 12.1 Å². The smallest absolute Gasteiger partial charge is 0.199 e. The van der Waals surface area contributed by atoms with E-state index in [1.165, 1.54) is 0 Å². The summed E-state index contributed by atoms with van der Waals surface area (Å²) in [6, 6.07) is 7.13. The van der Waals surface area contributed by atoms with E-state index >= 15 is 0 Å². The van der Waals surface area contributed by atoms with Crippen LogP contribution >= 0.6 is 0 Å². The molecule has 3 rings (SSSR count). The van der Waals surface area contributed by atoms with Crippen LogP contribution in [0.1, 0.15) is 18.2 Å². The van der Waals surface area contributed by atoms with E-state index < -0.39 is 0 Å². The van der Waals surface area contributed by atoms with E-state index in [1.54, 1.807) is 18.3 Å². The van der Waals surface area contributed by atoms with E-state index in [0.717, 1.165) is 25.4 Å². The van der Waals surface area contributed by atoms with Gasteiger partial charge in [-0.25, -0.2) is 4.98 Å². The first-order chi connectivity index (χ1) is 8.34. The lowest BCUT2D eigenvalue weighted by atomic mass is 10.1. The number of aromatic nitrogens is 1. The molecule has 1 aliphatic rings. The van der Waals surface area contributed by atoms with E-state index in [9.17, 15) is 5.11 Å². The summed E-state index contributed by atoms with van der Waals surface area (Å²) in [5.74, 6) is 1.97. The van der Waals surface area contributed by atoms with Gasteiger partial charge in [-0.15, -0.1) is 0 Å². The van der Waals surface area contributed by atoms with Crippen molar-refractivity contribution < 1.29 is 9.52 Å². The number of phenolic OH excluding ortho intramolecular Hbond substituents is 1. The molecule has 1 fully saturated rings. The number of nitrogens with one attached hydrogen (secondary N) is 1. The summed E-state index contributed by atoms with van der Waals surface area (Å²) < 4.78 is 5.72. The average molecular weight is 230 g/mol. The highest BCUT2D eigenvalue weighted by molar-refractivity contribution is 5.64. The van der Waals surface area contributed by atoms with Crippen LogP contribution in [0.25, 0.3) is 11.3 Å². The molecule has 0 amide bonds. The van der Waals surface area contributed by atoms with E-state index in [4.69, 9.17) is 4.42 Å². The Morgan fingerprint density at radius 3 is 3.00 bits per heavy atom. The molecular formula is C13H14N2O2. The highest BCUT2D eigenvalue weighted by Crippen LogP contribution is 2.31. The molecule has 1 saturated heterocycles. The molecule has 4 nitrogen and oxygen atoms in total. The Bertz CT molecular complexity index is 516. The normalized spacial score (nSPS) is 19.6. The molecule has 1 aromatic carbocycles. The van der Waals surface area contributed by atoms with Crippen molar-refractivity contribution in [1.29, 1.82) is 0 Å². The second-order valence-corrected chi connectivity index (χ2v) is 4.27. The summed E-state index contributed by atoms with van der Waals surface area (Å²) in [5, 5.41) is 13.0. The van der Waals surface area contributed by atoms with Crippen LogP contribution in [0.4, 0.5) is 0 Å². The Balaban J connectivity index is 1.92. The zero-order valence-electron chi connectivity index (χ0n) is 9.39. The summed E-state index contributed by atoms with van der Waals surface area (Å²) in [4.78, 5) is 4.30. The summed E-state index contributed by atoms with van der Waals surface area (Å²) in [5.41, 5.74) is 0.692. The Hall–Kier alpha value is -1.81. The number of hydrogen-bond donors (Lipinski definition) is 2. The van der Waals surface area contributed by atoms with Crippen molar-refractivity contribution >= 4 is 0 Å². The Labute approximate surface area is 99.3 Å². The molecule has 0 aliphatic carbocycles. The molecular weight excluding hydrogens is 216 g/mol. The number of para-hydroxylation sites is 1. The maximum Gasteiger partial charge on any atom is 0.199 e. The first kappa shape index (κ1) is 10.4. The number of aromatic hydroxyl groups is 1. The van der Waals surface area contributed by atoms with Gasteiger partial charge in [0.15, 0.2) is 11.7 Å². The molecule has 1 unspecified atom stereocenters. The van der Waals surface area contributed by atoms with Gasteiger partial charge < -0.3 is 14.8 Å². The van der Waals surface area contributed by atoms with Gasteiger partial charge in [0, 0.05) is 12.5 Å². The van der Waals surface area contributed by atoms with Gasteiger partial charge in [-0.1, -0.05) is 12.1 Å². The lowest BCUT2D eigenvalue weighted by Crippen LogP contribution is -2.07. The largest absolute Gasteiger partial charge is 0.507 e. The Kier molecular flexibility index (Phi) is 2.57. The average Bonchev–Trinajstić information content (AvgIpc) is 3.00. The number of benzene rings is 1. The number of nitrogens with zero attached hydrogens (tertiary/aromatic N) is 1. The van der Waals surface area contributed by atoms with Gasteiger partial charge in [-0.05, 0) is 25.1 Å². The fraction of sp³-hybridized carbons (Fsp3) is 0.308. The zero-order valence-corrected chi connectivity index (χ0v) is 9.39. The number of hydrogen-bond acceptors (Lipinski definition) is 4. The van der Waals surface area contributed by atoms with Gasteiger partial charge in [-0.2, -0.15) is 0 Å². The SMILES string of the molecule is Oc1ccccc1-c1cnc(C2CCNC2)o1. The highest BCUT2D eigenvalue weighted by Gasteiger charge is 2.22. The summed E-state index contributed by atoms with van der Waals surface area (Å²) in [6.45, 7) is 1.93. The minimum absolute atomic E-state index is 0.222. The molecule has 2 heterocycles. The Morgan fingerprint density at radius 2 is 2.24 bits per heavy atom. The third-order valence-corrected chi connectivity index (χ3v) is 3.10. The van der Waals surface area contributed by atoms with Crippen molar-refractivity contribution in [3.8, 4) is 17.1 Å². The second kappa shape index (κ2) is 4.22. The summed E-state index contributed by atoms with van der Waals surface area (Å²) in [7, 11) is 0. The summed E-state index contributed by atoms with van der Waals surface area (Å²) in [6.07, 6.45) is 2.74. The molecule has 0 radical (unpaired) electrons. The van der Waals surface area contributed by atoms with Gasteiger partial charge in [0.25, 0.3) is 0 Å². The third-order valence-electron chi connectivity index (χ3n) is 3.10. The lowest BCUT2D eigenvalue weighted by Gasteiger charge is -2.02. The van der Waals surface area contributed by atoms with E-state index in [-0.39, 0.29) is 5.75 Å². The minimum Gasteiger partial charge on any atom is -0.507 e. The van der Waals surface area contributed by atoms with Crippen molar-refractivity contribution in [2.24, 2.45) is 0 Å². The first-order valence-electron chi connectivity index (χ1n) is 5.79. The topological polar surface area (TPSA) is 58.3 Å². The predicted octanol–water partition coefficient (Wildman–Crippen LogP) is 2.12. The van der Waals surface area contributed by atoms with E-state index in [2.05, 4.69) is 10.3 Å². The molecule has 4 heteroatoms. The van der Waals surface area contributed by atoms with Crippen molar-refractivity contribution in [2.45, 2.75) is 12.3 Å². The Morgan fingerprint density at radius 1 is 1.35 bits per heavy atom. The molecule has 2 N–H and O–H groups in total. The number of rotatable bonds is 2. The molecule has 1 aliphatic heterocycles. The van der Waals surface area contributed by atoms with Gasteiger partial charge in [-0.3, -0.25) is 0 Å². The van der Waals surface area contributed by atoms with Crippen LogP contribution in [-0.2, 0) is 0 Å². The van der Waals surface area contributed by atoms with Crippen LogP contribution in [0.5, 0.6) is 5.75 Å². The molecule has 2 aromatic rings. The van der Waals surface area contributed by atoms with Crippen LogP contribution < -0.4 is 5.32 Å². The highest BCUT2D eigenvalue weighted by atomic mass is 16.4. The van der Waals surface area contributed by atoms with E-state index in [0.29, 0.717) is 17.2 Å². The number of oxazole rings is 1. The molecule has 0 bridgehead atoms. The van der Waals surface area contributed by atoms with Gasteiger partial charge in [0.05, 0.1) is 11.8 Å². The van der Waals surface area contributed by atoms with Gasteiger partial charge in [0.2, 0.25) is 0 Å². The fourth-order valence-electron chi connectivity index (χ4n) is 2.15. The molecule has 17 heavy (non-hydrogen) atoms. The predicted molar refractivity (Wildman–Crippen MR) is 63.8 cm³/mol. The fourth-order valence-corrected chi connectivity index (χ4v) is 2.15. The molecule has 0 spiro atoms. The lowest BCUT2D eigenvalue weighted by molar-refractivity contribution is 0.455. The number of phenols is 1. The third kappa shape index (κ3) is 1.91. The molecule has 0 saturated carbocycles. The van der Waals surface area contributed by atoms with Gasteiger partial charge >= 0.3 is 0 Å². The molecule has 1 aromatic heterocycles. The quantitative estimate of drug-likeness (QED) is 0.829. The van der Waals surface area contributed by atoms with Crippen molar-refractivity contribution in [2.75, 3.05) is 13.1 Å². The first-order valence-corrected chi connectivity index (χ1v) is 5.79. The second-order valence-electron chi connectivity index (χ2n) is 4.27. The van der Waals surface area contributed by atoms with Crippen molar-refractivity contribution in [3.05, 3.63) is 36.4 Å². The molecule has 88 valence electrons. The standard InChI is InChI=1S/C13H14N2O2/c16-11-4-2-1-3-10(11)12-8-15-13(17-12)9-5-6-14-7-9/h1-4,8-9,14,16H,5-7H2. The minimum atomic E-state index is 0.222. The maximum atomic E-state index is 9.74. The summed E-state index contributed by atoms with van der Waals surface area (Å²) >= 11 is 0. The van der Waals surface area contributed by atoms with Crippen LogP contribution in [0.2, 0.25) is 0 Å². The van der Waals surface area contributed by atoms with Crippen LogP contribution in [0.15, 0.2) is 34.9 Å². The van der Waals surface area contributed by atoms with Gasteiger partial charge in [0.1, 0.15) is 5.75 Å². The van der Waals surface area contributed by atoms with Crippen LogP contribution in [-0.4, -0.2) is 23.2 Å². The van der Waals surface area contributed by atoms with Crippen LogP contribution in [0.3, 0.4) is 0 Å². The zero-order chi connectivity index (χ0) is 11.7. The molecule has 1 atom stereocenters. The van der Waals surface area contributed by atoms with Crippen molar-refractivity contribution in [3.63, 3.8) is 0 Å². The van der Waals surface area contributed by atoms with Crippen LogP contribution in [0, 0.1) is 0 Å². The van der Waals surface area contributed by atoms with Crippen molar-refractivity contribution in [1.82, 2.24) is 10.3 Å². The maximum absolute atomic E-state index is 9.74.